The van der Waals surface area contributed by atoms with Gasteiger partial charge in [-0.25, -0.2) is 8.78 Å². The van der Waals surface area contributed by atoms with E-state index < -0.39 is 11.6 Å². The minimum atomic E-state index is -0.442. The Bertz CT molecular complexity index is 401. The minimum absolute atomic E-state index is 0.00129. The van der Waals surface area contributed by atoms with Crippen molar-refractivity contribution < 1.29 is 8.78 Å². The second kappa shape index (κ2) is 7.16. The van der Waals surface area contributed by atoms with Crippen LogP contribution in [0.2, 0.25) is 0 Å². The van der Waals surface area contributed by atoms with Gasteiger partial charge in [-0.05, 0) is 48.9 Å². The van der Waals surface area contributed by atoms with E-state index in [1.54, 1.807) is 0 Å². The zero-order chi connectivity index (χ0) is 15.3. The van der Waals surface area contributed by atoms with E-state index in [1.165, 1.54) is 18.2 Å². The predicted molar refractivity (Wildman–Crippen MR) is 80.7 cm³/mol. The van der Waals surface area contributed by atoms with Gasteiger partial charge in [0.1, 0.15) is 11.6 Å². The Balaban J connectivity index is 2.80. The maximum Gasteiger partial charge on any atom is 0.129 e. The number of nitrogens with one attached hydrogen (secondary N) is 1. The Kier molecular flexibility index (Phi) is 6.12. The summed E-state index contributed by atoms with van der Waals surface area (Å²) in [5.41, 5.74) is 0.206. The average Bonchev–Trinajstić information content (AvgIpc) is 2.29. The molecule has 20 heavy (non-hydrogen) atoms. The molecule has 0 aliphatic carbocycles. The first-order valence-electron chi connectivity index (χ1n) is 7.35. The summed E-state index contributed by atoms with van der Waals surface area (Å²) in [5, 5.41) is 3.41. The van der Waals surface area contributed by atoms with E-state index in [1.807, 2.05) is 0 Å². The molecule has 0 heterocycles. The quantitative estimate of drug-likeness (QED) is 0.815. The summed E-state index contributed by atoms with van der Waals surface area (Å²) in [5.74, 6) is -0.125. The first-order chi connectivity index (χ1) is 9.21. The van der Waals surface area contributed by atoms with Crippen molar-refractivity contribution in [1.82, 2.24) is 5.32 Å². The van der Waals surface area contributed by atoms with Crippen LogP contribution < -0.4 is 5.32 Å². The highest BCUT2D eigenvalue weighted by atomic mass is 19.1. The Morgan fingerprint density at radius 1 is 1.05 bits per heavy atom. The molecule has 1 N–H and O–H groups in total. The molecule has 0 saturated heterocycles. The van der Waals surface area contributed by atoms with Crippen LogP contribution >= 0.6 is 0 Å². The van der Waals surface area contributed by atoms with Gasteiger partial charge in [-0.2, -0.15) is 0 Å². The third kappa shape index (κ3) is 5.20. The lowest BCUT2D eigenvalue weighted by Crippen LogP contribution is -2.35. The number of hydrogen-bond acceptors (Lipinski definition) is 1. The fourth-order valence-electron chi connectivity index (χ4n) is 2.20. The molecule has 0 radical (unpaired) electrons. The fraction of sp³-hybridized carbons (Fsp3) is 0.647. The van der Waals surface area contributed by atoms with E-state index in [4.69, 9.17) is 0 Å². The third-order valence-corrected chi connectivity index (χ3v) is 3.68. The standard InChI is InChI=1S/C17H27F2N/c1-12(2)10-20-11-13(17(3,4)5)9-14-15(18)7-6-8-16(14)19/h6-8,12-13,20H,9-11H2,1-5H3. The normalized spacial score (nSPS) is 13.8. The van der Waals surface area contributed by atoms with Crippen LogP contribution in [0, 0.1) is 28.9 Å². The molecule has 1 rings (SSSR count). The maximum absolute atomic E-state index is 13.8. The zero-order valence-corrected chi connectivity index (χ0v) is 13.3. The summed E-state index contributed by atoms with van der Waals surface area (Å²) in [4.78, 5) is 0. The molecule has 1 unspecified atom stereocenters. The van der Waals surface area contributed by atoms with Crippen LogP contribution in [0.4, 0.5) is 8.78 Å². The van der Waals surface area contributed by atoms with E-state index >= 15 is 0 Å². The SMILES string of the molecule is CC(C)CNCC(Cc1c(F)cccc1F)C(C)(C)C. The van der Waals surface area contributed by atoms with Crippen LogP contribution in [0.5, 0.6) is 0 Å². The summed E-state index contributed by atoms with van der Waals surface area (Å²) in [6.07, 6.45) is 0.424. The summed E-state index contributed by atoms with van der Waals surface area (Å²) in [6, 6.07) is 4.08. The molecule has 0 saturated carbocycles. The fourth-order valence-corrected chi connectivity index (χ4v) is 2.20. The average molecular weight is 283 g/mol. The van der Waals surface area contributed by atoms with Crippen molar-refractivity contribution in [3.8, 4) is 0 Å². The molecule has 1 aromatic carbocycles. The van der Waals surface area contributed by atoms with Gasteiger partial charge in [-0.15, -0.1) is 0 Å². The monoisotopic (exact) mass is 283 g/mol. The molecule has 0 bridgehead atoms. The van der Waals surface area contributed by atoms with E-state index in [0.717, 1.165) is 13.1 Å². The van der Waals surface area contributed by atoms with Crippen molar-refractivity contribution in [2.75, 3.05) is 13.1 Å². The zero-order valence-electron chi connectivity index (χ0n) is 13.3. The van der Waals surface area contributed by atoms with E-state index in [2.05, 4.69) is 39.9 Å². The van der Waals surface area contributed by atoms with Crippen LogP contribution in [0.25, 0.3) is 0 Å². The number of rotatable bonds is 6. The van der Waals surface area contributed by atoms with Gasteiger partial charge < -0.3 is 5.32 Å². The summed E-state index contributed by atoms with van der Waals surface area (Å²) >= 11 is 0. The summed E-state index contributed by atoms with van der Waals surface area (Å²) in [7, 11) is 0. The summed E-state index contributed by atoms with van der Waals surface area (Å²) < 4.78 is 27.6. The van der Waals surface area contributed by atoms with Gasteiger partial charge >= 0.3 is 0 Å². The van der Waals surface area contributed by atoms with Crippen molar-refractivity contribution in [2.24, 2.45) is 17.3 Å². The molecule has 114 valence electrons. The lowest BCUT2D eigenvalue weighted by molar-refractivity contribution is 0.225. The molecule has 0 fully saturated rings. The van der Waals surface area contributed by atoms with Crippen LogP contribution in [0.3, 0.4) is 0 Å². The van der Waals surface area contributed by atoms with Gasteiger partial charge in [0.25, 0.3) is 0 Å². The van der Waals surface area contributed by atoms with Crippen molar-refractivity contribution in [1.29, 1.82) is 0 Å². The van der Waals surface area contributed by atoms with Gasteiger partial charge in [-0.3, -0.25) is 0 Å². The van der Waals surface area contributed by atoms with Gasteiger partial charge in [0.05, 0.1) is 0 Å². The molecular weight excluding hydrogens is 256 g/mol. The van der Waals surface area contributed by atoms with Crippen molar-refractivity contribution in [3.63, 3.8) is 0 Å². The maximum atomic E-state index is 13.8. The van der Waals surface area contributed by atoms with Crippen LogP contribution in [-0.4, -0.2) is 13.1 Å². The highest BCUT2D eigenvalue weighted by Crippen LogP contribution is 2.30. The molecular formula is C17H27F2N. The van der Waals surface area contributed by atoms with Gasteiger partial charge in [-0.1, -0.05) is 40.7 Å². The van der Waals surface area contributed by atoms with E-state index in [0.29, 0.717) is 12.3 Å². The van der Waals surface area contributed by atoms with Crippen molar-refractivity contribution >= 4 is 0 Å². The highest BCUT2D eigenvalue weighted by Gasteiger charge is 2.26. The molecule has 0 aliphatic rings. The largest absolute Gasteiger partial charge is 0.316 e. The first-order valence-corrected chi connectivity index (χ1v) is 7.35. The number of benzene rings is 1. The molecule has 1 atom stereocenters. The van der Waals surface area contributed by atoms with Gasteiger partial charge in [0.15, 0.2) is 0 Å². The predicted octanol–water partition coefficient (Wildman–Crippen LogP) is 4.42. The molecule has 0 aliphatic heterocycles. The molecule has 3 heteroatoms. The van der Waals surface area contributed by atoms with Crippen LogP contribution in [0.1, 0.15) is 40.2 Å². The van der Waals surface area contributed by atoms with E-state index in [-0.39, 0.29) is 16.9 Å². The first kappa shape index (κ1) is 17.1. The number of halogens is 2. The van der Waals surface area contributed by atoms with Gasteiger partial charge in [0.2, 0.25) is 0 Å². The summed E-state index contributed by atoms with van der Waals surface area (Å²) in [6.45, 7) is 12.3. The Morgan fingerprint density at radius 2 is 1.60 bits per heavy atom. The minimum Gasteiger partial charge on any atom is -0.316 e. The Hall–Kier alpha value is -0.960. The number of hydrogen-bond donors (Lipinski definition) is 1. The van der Waals surface area contributed by atoms with Crippen molar-refractivity contribution in [3.05, 3.63) is 35.4 Å². The molecule has 1 aromatic rings. The second-order valence-corrected chi connectivity index (χ2v) is 7.02. The topological polar surface area (TPSA) is 12.0 Å². The molecule has 1 nitrogen and oxygen atoms in total. The van der Waals surface area contributed by atoms with Crippen LogP contribution in [0.15, 0.2) is 18.2 Å². The molecule has 0 aromatic heterocycles. The van der Waals surface area contributed by atoms with Crippen molar-refractivity contribution in [2.45, 2.75) is 41.0 Å². The second-order valence-electron chi connectivity index (χ2n) is 7.02. The smallest absolute Gasteiger partial charge is 0.129 e. The van der Waals surface area contributed by atoms with Crippen LogP contribution in [-0.2, 0) is 6.42 Å². The lowest BCUT2D eigenvalue weighted by atomic mass is 9.77. The van der Waals surface area contributed by atoms with E-state index in [9.17, 15) is 8.78 Å². The Morgan fingerprint density at radius 3 is 2.05 bits per heavy atom. The lowest BCUT2D eigenvalue weighted by Gasteiger charge is -2.31. The Labute approximate surface area is 121 Å². The third-order valence-electron chi connectivity index (χ3n) is 3.68. The molecule has 0 spiro atoms. The van der Waals surface area contributed by atoms with Gasteiger partial charge in [0, 0.05) is 5.56 Å². The highest BCUT2D eigenvalue weighted by molar-refractivity contribution is 5.20. The molecule has 0 amide bonds.